The molecular formula is C62H46N4. The molecule has 66 heavy (non-hydrogen) atoms. The summed E-state index contributed by atoms with van der Waals surface area (Å²) in [6.07, 6.45) is 0. The molecule has 2 aliphatic rings. The zero-order valence-electron chi connectivity index (χ0n) is 37.4. The van der Waals surface area contributed by atoms with Crippen LogP contribution in [0.15, 0.2) is 206 Å². The zero-order valence-corrected chi connectivity index (χ0v) is 37.4. The summed E-state index contributed by atoms with van der Waals surface area (Å²) in [5, 5.41) is 0. The fraction of sp³-hybridized carbons (Fsp3) is 0.0968. The Morgan fingerprint density at radius 2 is 0.652 bits per heavy atom. The number of aromatic nitrogens is 4. The van der Waals surface area contributed by atoms with E-state index in [1.807, 2.05) is 0 Å². The van der Waals surface area contributed by atoms with Crippen molar-refractivity contribution in [3.63, 3.8) is 0 Å². The minimum atomic E-state index is -0.161. The van der Waals surface area contributed by atoms with Gasteiger partial charge in [0.15, 0.2) is 0 Å². The fourth-order valence-electron chi connectivity index (χ4n) is 11.1. The number of rotatable bonds is 6. The molecule has 4 nitrogen and oxygen atoms in total. The number of nitrogens with zero attached hydrogens (tertiary/aromatic N) is 4. The van der Waals surface area contributed by atoms with Crippen molar-refractivity contribution >= 4 is 22.1 Å². The van der Waals surface area contributed by atoms with Gasteiger partial charge in [0.1, 0.15) is 11.6 Å². The Morgan fingerprint density at radius 3 is 1.06 bits per heavy atom. The predicted octanol–water partition coefficient (Wildman–Crippen LogP) is 15.6. The Morgan fingerprint density at radius 1 is 0.303 bits per heavy atom. The third kappa shape index (κ3) is 5.71. The average molecular weight is 847 g/mol. The van der Waals surface area contributed by atoms with Crippen LogP contribution < -0.4 is 0 Å². The fourth-order valence-corrected chi connectivity index (χ4v) is 11.1. The van der Waals surface area contributed by atoms with E-state index in [1.165, 1.54) is 66.8 Å². The minimum Gasteiger partial charge on any atom is -0.292 e. The lowest BCUT2D eigenvalue weighted by atomic mass is 9.79. The van der Waals surface area contributed by atoms with Crippen LogP contribution in [0.5, 0.6) is 0 Å². The highest BCUT2D eigenvalue weighted by atomic mass is 15.1. The quantitative estimate of drug-likeness (QED) is 0.167. The van der Waals surface area contributed by atoms with Gasteiger partial charge >= 0.3 is 0 Å². The van der Waals surface area contributed by atoms with Crippen LogP contribution in [0.1, 0.15) is 49.9 Å². The SMILES string of the molecule is CC1(C)c2cc(-c3ccc(-n4c(-c5ccccc5)nc5ccccc54)cc3)ccc2-c2cc3c(cc21)-c1ccc(-c2ccc(-n4c(-c5ccccc5)nc5ccccc54)cc2)cc1C3(C)C. The maximum Gasteiger partial charge on any atom is 0.145 e. The first kappa shape index (κ1) is 38.4. The lowest BCUT2D eigenvalue weighted by Crippen LogP contribution is -2.17. The molecule has 11 aromatic rings. The summed E-state index contributed by atoms with van der Waals surface area (Å²) in [5.74, 6) is 1.90. The molecule has 0 N–H and O–H groups in total. The van der Waals surface area contributed by atoms with Gasteiger partial charge in [0.05, 0.1) is 22.1 Å². The summed E-state index contributed by atoms with van der Waals surface area (Å²) in [6.45, 7) is 9.59. The molecule has 2 aliphatic carbocycles. The molecule has 9 aromatic carbocycles. The van der Waals surface area contributed by atoms with Gasteiger partial charge in [0.2, 0.25) is 0 Å². The van der Waals surface area contributed by atoms with Crippen LogP contribution in [-0.2, 0) is 10.8 Å². The van der Waals surface area contributed by atoms with Gasteiger partial charge in [-0.15, -0.1) is 0 Å². The molecule has 0 aliphatic heterocycles. The van der Waals surface area contributed by atoms with E-state index in [-0.39, 0.29) is 10.8 Å². The Labute approximate surface area is 385 Å². The molecule has 0 radical (unpaired) electrons. The smallest absolute Gasteiger partial charge is 0.145 e. The third-order valence-electron chi connectivity index (χ3n) is 14.6. The molecule has 0 amide bonds. The van der Waals surface area contributed by atoms with E-state index in [0.717, 1.165) is 56.2 Å². The Bertz CT molecular complexity index is 3470. The normalized spacial score (nSPS) is 14.0. The molecule has 2 aromatic heterocycles. The van der Waals surface area contributed by atoms with Crippen molar-refractivity contribution in [1.82, 2.24) is 19.1 Å². The lowest BCUT2D eigenvalue weighted by molar-refractivity contribution is 0.652. The van der Waals surface area contributed by atoms with Crippen molar-refractivity contribution in [2.45, 2.75) is 38.5 Å². The summed E-state index contributed by atoms with van der Waals surface area (Å²) in [6, 6.07) is 74.9. The Kier molecular flexibility index (Phi) is 8.26. The summed E-state index contributed by atoms with van der Waals surface area (Å²) in [5.41, 5.74) is 24.1. The summed E-state index contributed by atoms with van der Waals surface area (Å²) >= 11 is 0. The van der Waals surface area contributed by atoms with Crippen LogP contribution in [0.2, 0.25) is 0 Å². The van der Waals surface area contributed by atoms with Gasteiger partial charge in [-0.3, -0.25) is 9.13 Å². The second-order valence-electron chi connectivity index (χ2n) is 19.1. The lowest BCUT2D eigenvalue weighted by Gasteiger charge is -2.24. The molecule has 13 rings (SSSR count). The van der Waals surface area contributed by atoms with Crippen LogP contribution in [-0.4, -0.2) is 19.1 Å². The van der Waals surface area contributed by atoms with E-state index >= 15 is 0 Å². The van der Waals surface area contributed by atoms with Crippen LogP contribution in [0, 0.1) is 0 Å². The molecule has 0 fully saturated rings. The minimum absolute atomic E-state index is 0.161. The van der Waals surface area contributed by atoms with Crippen molar-refractivity contribution in [2.24, 2.45) is 0 Å². The first-order valence-electron chi connectivity index (χ1n) is 23.0. The molecule has 0 saturated heterocycles. The largest absolute Gasteiger partial charge is 0.292 e. The molecule has 0 spiro atoms. The van der Waals surface area contributed by atoms with Crippen LogP contribution in [0.25, 0.3) is 101 Å². The van der Waals surface area contributed by atoms with Crippen molar-refractivity contribution in [3.05, 3.63) is 229 Å². The standard InChI is InChI=1S/C62H46N4/c1-61(2)51-35-43(39-23-29-45(30-24-39)65-57-21-13-11-19-55(57)63-59(65)41-15-7-5-8-16-41)27-33-47(51)49-38-54-50(37-53(49)61)48-34-28-44(36-52(48)62(54,3)4)40-25-31-46(32-26-40)66-58-22-14-12-20-56(58)64-60(66)42-17-9-6-10-18-42/h5-38H,1-4H3. The highest BCUT2D eigenvalue weighted by Gasteiger charge is 2.42. The predicted molar refractivity (Wildman–Crippen MR) is 273 cm³/mol. The highest BCUT2D eigenvalue weighted by molar-refractivity contribution is 5.92. The number of imidazole rings is 2. The molecule has 4 heteroatoms. The van der Waals surface area contributed by atoms with Gasteiger partial charge in [-0.05, 0) is 140 Å². The Hall–Kier alpha value is -8.08. The van der Waals surface area contributed by atoms with Gasteiger partial charge in [0.25, 0.3) is 0 Å². The number of para-hydroxylation sites is 4. The van der Waals surface area contributed by atoms with Gasteiger partial charge in [-0.2, -0.15) is 0 Å². The van der Waals surface area contributed by atoms with E-state index in [4.69, 9.17) is 9.97 Å². The summed E-state index contributed by atoms with van der Waals surface area (Å²) < 4.78 is 4.56. The number of benzene rings is 9. The molecule has 0 bridgehead atoms. The van der Waals surface area contributed by atoms with Crippen LogP contribution >= 0.6 is 0 Å². The number of hydrogen-bond donors (Lipinski definition) is 0. The topological polar surface area (TPSA) is 35.6 Å². The van der Waals surface area contributed by atoms with Gasteiger partial charge in [-0.1, -0.05) is 161 Å². The zero-order chi connectivity index (χ0) is 44.3. The highest BCUT2D eigenvalue weighted by Crippen LogP contribution is 2.57. The van der Waals surface area contributed by atoms with Crippen molar-refractivity contribution in [1.29, 1.82) is 0 Å². The van der Waals surface area contributed by atoms with E-state index in [0.29, 0.717) is 0 Å². The Balaban J connectivity index is 0.816. The van der Waals surface area contributed by atoms with Crippen LogP contribution in [0.4, 0.5) is 0 Å². The number of fused-ring (bicyclic) bond motifs is 8. The molecule has 2 heterocycles. The monoisotopic (exact) mass is 846 g/mol. The van der Waals surface area contributed by atoms with Gasteiger partial charge in [-0.25, -0.2) is 9.97 Å². The molecule has 314 valence electrons. The van der Waals surface area contributed by atoms with Crippen molar-refractivity contribution < 1.29 is 0 Å². The van der Waals surface area contributed by atoms with Crippen LogP contribution in [0.3, 0.4) is 0 Å². The maximum absolute atomic E-state index is 5.06. The van der Waals surface area contributed by atoms with Crippen molar-refractivity contribution in [2.75, 3.05) is 0 Å². The first-order valence-corrected chi connectivity index (χ1v) is 23.0. The molecule has 0 saturated carbocycles. The van der Waals surface area contributed by atoms with E-state index in [2.05, 4.69) is 243 Å². The first-order chi connectivity index (χ1) is 32.2. The van der Waals surface area contributed by atoms with Gasteiger partial charge < -0.3 is 0 Å². The molecule has 0 unspecified atom stereocenters. The summed E-state index contributed by atoms with van der Waals surface area (Å²) in [7, 11) is 0. The second kappa shape index (κ2) is 14.2. The molecule has 0 atom stereocenters. The van der Waals surface area contributed by atoms with E-state index < -0.39 is 0 Å². The van der Waals surface area contributed by atoms with E-state index in [9.17, 15) is 0 Å². The van der Waals surface area contributed by atoms with Crippen molar-refractivity contribution in [3.8, 4) is 78.7 Å². The molecular weight excluding hydrogens is 801 g/mol. The summed E-state index contributed by atoms with van der Waals surface area (Å²) in [4.78, 5) is 10.1. The number of hydrogen-bond acceptors (Lipinski definition) is 2. The average Bonchev–Trinajstić information content (AvgIpc) is 4.07. The van der Waals surface area contributed by atoms with Gasteiger partial charge in [0, 0.05) is 33.3 Å². The third-order valence-corrected chi connectivity index (χ3v) is 14.6. The van der Waals surface area contributed by atoms with E-state index in [1.54, 1.807) is 0 Å². The maximum atomic E-state index is 5.06. The second-order valence-corrected chi connectivity index (χ2v) is 19.1.